The van der Waals surface area contributed by atoms with Gasteiger partial charge in [-0.2, -0.15) is 0 Å². The normalized spacial score (nSPS) is 23.6. The molecule has 0 aromatic carbocycles. The van der Waals surface area contributed by atoms with Crippen LogP contribution >= 0.6 is 0 Å². The Morgan fingerprint density at radius 2 is 2.39 bits per heavy atom. The van der Waals surface area contributed by atoms with Gasteiger partial charge in [-0.25, -0.2) is 0 Å². The number of nitrogens with zero attached hydrogens (tertiary/aromatic N) is 1. The molecule has 1 fully saturated rings. The summed E-state index contributed by atoms with van der Waals surface area (Å²) >= 11 is 0. The Hall–Kier alpha value is -1.58. The molecule has 0 aliphatic heterocycles. The molecule has 2 unspecified atom stereocenters. The number of pyridine rings is 1. The van der Waals surface area contributed by atoms with E-state index < -0.39 is 0 Å². The van der Waals surface area contributed by atoms with Crippen LogP contribution in [0.3, 0.4) is 0 Å². The predicted molar refractivity (Wildman–Crippen MR) is 69.4 cm³/mol. The summed E-state index contributed by atoms with van der Waals surface area (Å²) in [6.45, 7) is 2.97. The van der Waals surface area contributed by atoms with Crippen LogP contribution in [0.2, 0.25) is 0 Å². The van der Waals surface area contributed by atoms with Gasteiger partial charge in [0.25, 0.3) is 5.91 Å². The Labute approximate surface area is 107 Å². The van der Waals surface area contributed by atoms with Gasteiger partial charge >= 0.3 is 0 Å². The van der Waals surface area contributed by atoms with Crippen LogP contribution < -0.4 is 5.32 Å². The van der Waals surface area contributed by atoms with Gasteiger partial charge in [-0.05, 0) is 30.7 Å². The van der Waals surface area contributed by atoms with Crippen molar-refractivity contribution in [2.24, 2.45) is 11.8 Å². The van der Waals surface area contributed by atoms with E-state index in [0.717, 1.165) is 5.92 Å². The number of carbonyl (C=O) groups excluding carboxylic acids is 1. The summed E-state index contributed by atoms with van der Waals surface area (Å²) in [5, 5.41) is 12.4. The zero-order chi connectivity index (χ0) is 13.0. The summed E-state index contributed by atoms with van der Waals surface area (Å²) in [4.78, 5) is 15.6. The third kappa shape index (κ3) is 3.22. The van der Waals surface area contributed by atoms with Gasteiger partial charge in [0.1, 0.15) is 5.75 Å². The average Bonchev–Trinajstić information content (AvgIpc) is 2.37. The maximum Gasteiger partial charge on any atom is 0.255 e. The van der Waals surface area contributed by atoms with Crippen molar-refractivity contribution in [3.63, 3.8) is 0 Å². The minimum Gasteiger partial charge on any atom is -0.505 e. The zero-order valence-corrected chi connectivity index (χ0v) is 10.7. The number of amides is 1. The third-order valence-electron chi connectivity index (χ3n) is 3.64. The quantitative estimate of drug-likeness (QED) is 0.863. The lowest BCUT2D eigenvalue weighted by atomic mass is 9.82. The van der Waals surface area contributed by atoms with Crippen molar-refractivity contribution in [2.45, 2.75) is 32.6 Å². The van der Waals surface area contributed by atoms with Gasteiger partial charge in [0, 0.05) is 12.7 Å². The van der Waals surface area contributed by atoms with E-state index in [1.54, 1.807) is 0 Å². The molecule has 1 aromatic rings. The lowest BCUT2D eigenvalue weighted by Crippen LogP contribution is -2.31. The van der Waals surface area contributed by atoms with Gasteiger partial charge in [0.05, 0.1) is 11.8 Å². The zero-order valence-electron chi connectivity index (χ0n) is 10.7. The second kappa shape index (κ2) is 5.85. The van der Waals surface area contributed by atoms with Crippen molar-refractivity contribution in [3.8, 4) is 5.75 Å². The summed E-state index contributed by atoms with van der Waals surface area (Å²) in [6.07, 6.45) is 7.72. The third-order valence-corrected chi connectivity index (χ3v) is 3.64. The van der Waals surface area contributed by atoms with Gasteiger partial charge in [0.15, 0.2) is 0 Å². The molecule has 18 heavy (non-hydrogen) atoms. The number of aromatic nitrogens is 1. The molecule has 1 amide bonds. The number of rotatable bonds is 3. The van der Waals surface area contributed by atoms with Gasteiger partial charge in [-0.15, -0.1) is 0 Å². The maximum atomic E-state index is 11.9. The fourth-order valence-electron chi connectivity index (χ4n) is 2.66. The van der Waals surface area contributed by atoms with Crippen molar-refractivity contribution in [3.05, 3.63) is 24.0 Å². The first kappa shape index (κ1) is 12.9. The molecule has 1 aliphatic carbocycles. The van der Waals surface area contributed by atoms with Crippen molar-refractivity contribution >= 4 is 5.91 Å². The minimum atomic E-state index is -0.215. The van der Waals surface area contributed by atoms with Crippen molar-refractivity contribution in [2.75, 3.05) is 6.54 Å². The molecular weight excluding hydrogens is 228 g/mol. The van der Waals surface area contributed by atoms with E-state index in [1.807, 2.05) is 0 Å². The summed E-state index contributed by atoms with van der Waals surface area (Å²) in [7, 11) is 0. The Morgan fingerprint density at radius 1 is 1.56 bits per heavy atom. The van der Waals surface area contributed by atoms with Gasteiger partial charge in [-0.3, -0.25) is 9.78 Å². The molecule has 0 radical (unpaired) electrons. The van der Waals surface area contributed by atoms with Crippen molar-refractivity contribution in [1.29, 1.82) is 0 Å². The lowest BCUT2D eigenvalue weighted by Gasteiger charge is -2.26. The number of hydrogen-bond acceptors (Lipinski definition) is 3. The highest BCUT2D eigenvalue weighted by Gasteiger charge is 2.20. The maximum absolute atomic E-state index is 11.9. The van der Waals surface area contributed by atoms with E-state index >= 15 is 0 Å². The number of hydrogen-bond donors (Lipinski definition) is 2. The highest BCUT2D eigenvalue weighted by Crippen LogP contribution is 2.28. The average molecular weight is 248 g/mol. The standard InChI is InChI=1S/C14H20N2O2/c1-10-3-2-4-11(7-10)8-16-14(18)12-5-6-15-9-13(12)17/h5-6,9-11,17H,2-4,7-8H2,1H3,(H,16,18). The first-order valence-corrected chi connectivity index (χ1v) is 6.58. The second-order valence-electron chi connectivity index (χ2n) is 5.24. The van der Waals surface area contributed by atoms with E-state index in [-0.39, 0.29) is 11.7 Å². The molecule has 2 atom stereocenters. The molecule has 0 spiro atoms. The topological polar surface area (TPSA) is 62.2 Å². The summed E-state index contributed by atoms with van der Waals surface area (Å²) in [5.41, 5.74) is 0.300. The number of aromatic hydroxyl groups is 1. The number of nitrogens with one attached hydrogen (secondary N) is 1. The molecule has 4 nitrogen and oxygen atoms in total. The predicted octanol–water partition coefficient (Wildman–Crippen LogP) is 2.34. The van der Waals surface area contributed by atoms with E-state index in [0.29, 0.717) is 18.0 Å². The fraction of sp³-hybridized carbons (Fsp3) is 0.571. The molecule has 98 valence electrons. The first-order chi connectivity index (χ1) is 8.66. The lowest BCUT2D eigenvalue weighted by molar-refractivity contribution is 0.0938. The monoisotopic (exact) mass is 248 g/mol. The molecule has 2 N–H and O–H groups in total. The molecule has 4 heteroatoms. The molecule has 1 aromatic heterocycles. The van der Waals surface area contributed by atoms with Crippen LogP contribution in [0.5, 0.6) is 5.75 Å². The number of carbonyl (C=O) groups is 1. The van der Waals surface area contributed by atoms with Crippen molar-refractivity contribution < 1.29 is 9.90 Å². The van der Waals surface area contributed by atoms with Crippen LogP contribution in [0.25, 0.3) is 0 Å². The van der Waals surface area contributed by atoms with Crippen LogP contribution in [0.1, 0.15) is 43.0 Å². The van der Waals surface area contributed by atoms with Crippen LogP contribution in [0.4, 0.5) is 0 Å². The minimum absolute atomic E-state index is 0.0630. The Balaban J connectivity index is 1.87. The fourth-order valence-corrected chi connectivity index (χ4v) is 2.66. The highest BCUT2D eigenvalue weighted by molar-refractivity contribution is 5.96. The van der Waals surface area contributed by atoms with Gasteiger partial charge in [0.2, 0.25) is 0 Å². The molecule has 0 saturated heterocycles. The second-order valence-corrected chi connectivity index (χ2v) is 5.24. The van der Waals surface area contributed by atoms with Crippen LogP contribution in [-0.4, -0.2) is 22.5 Å². The Bertz CT molecular complexity index is 420. The summed E-state index contributed by atoms with van der Waals surface area (Å²) < 4.78 is 0. The van der Waals surface area contributed by atoms with Crippen LogP contribution in [-0.2, 0) is 0 Å². The Morgan fingerprint density at radius 3 is 3.11 bits per heavy atom. The van der Waals surface area contributed by atoms with Crippen LogP contribution in [0, 0.1) is 11.8 Å². The first-order valence-electron chi connectivity index (χ1n) is 6.58. The summed E-state index contributed by atoms with van der Waals surface area (Å²) in [6, 6.07) is 1.54. The summed E-state index contributed by atoms with van der Waals surface area (Å²) in [5.74, 6) is 1.05. The largest absolute Gasteiger partial charge is 0.505 e. The Kier molecular flexibility index (Phi) is 4.18. The highest BCUT2D eigenvalue weighted by atomic mass is 16.3. The van der Waals surface area contributed by atoms with E-state index in [4.69, 9.17) is 0 Å². The van der Waals surface area contributed by atoms with Crippen LogP contribution in [0.15, 0.2) is 18.5 Å². The molecule has 2 rings (SSSR count). The van der Waals surface area contributed by atoms with E-state index in [9.17, 15) is 9.90 Å². The molecule has 1 heterocycles. The molecule has 1 aliphatic rings. The van der Waals surface area contributed by atoms with E-state index in [1.165, 1.54) is 44.1 Å². The van der Waals surface area contributed by atoms with Crippen molar-refractivity contribution in [1.82, 2.24) is 10.3 Å². The SMILES string of the molecule is CC1CCCC(CNC(=O)c2ccncc2O)C1. The molecule has 1 saturated carbocycles. The van der Waals surface area contributed by atoms with Gasteiger partial charge < -0.3 is 10.4 Å². The van der Waals surface area contributed by atoms with E-state index in [2.05, 4.69) is 17.2 Å². The molecular formula is C14H20N2O2. The molecule has 0 bridgehead atoms. The smallest absolute Gasteiger partial charge is 0.255 e. The van der Waals surface area contributed by atoms with Gasteiger partial charge in [-0.1, -0.05) is 19.8 Å².